The van der Waals surface area contributed by atoms with E-state index < -0.39 is 0 Å². The molecule has 1 aromatic rings. The normalized spacial score (nSPS) is 20.5. The van der Waals surface area contributed by atoms with Gasteiger partial charge in [-0.1, -0.05) is 30.3 Å². The third-order valence-electron chi connectivity index (χ3n) is 6.40. The highest BCUT2D eigenvalue weighted by atomic mass is 127. The molecule has 2 N–H and O–H groups in total. The minimum atomic E-state index is -0.0992. The summed E-state index contributed by atoms with van der Waals surface area (Å²) in [5.74, 6) is 0.802. The quantitative estimate of drug-likeness (QED) is 0.248. The summed E-state index contributed by atoms with van der Waals surface area (Å²) in [6.07, 6.45) is 3.52. The molecule has 0 saturated carbocycles. The van der Waals surface area contributed by atoms with E-state index in [1.165, 1.54) is 12.7 Å². The smallest absolute Gasteiger partial charge is 0.308 e. The molecule has 174 valence electrons. The average molecular weight is 544 g/mol. The van der Waals surface area contributed by atoms with Crippen molar-refractivity contribution < 1.29 is 14.3 Å². The van der Waals surface area contributed by atoms with Gasteiger partial charge in [0.2, 0.25) is 0 Å². The molecule has 0 bridgehead atoms. The zero-order chi connectivity index (χ0) is 21.4. The summed E-state index contributed by atoms with van der Waals surface area (Å²) in [6.45, 7) is 6.15. The third kappa shape index (κ3) is 7.05. The Morgan fingerprint density at radius 2 is 1.90 bits per heavy atom. The molecule has 7 nitrogen and oxygen atoms in total. The zero-order valence-electron chi connectivity index (χ0n) is 18.9. The number of likely N-dealkylation sites (tertiary alicyclic amines) is 1. The van der Waals surface area contributed by atoms with Gasteiger partial charge in [0.25, 0.3) is 0 Å². The van der Waals surface area contributed by atoms with Crippen LogP contribution < -0.4 is 10.6 Å². The Morgan fingerprint density at radius 3 is 2.48 bits per heavy atom. The van der Waals surface area contributed by atoms with E-state index in [-0.39, 0.29) is 47.4 Å². The Balaban J connectivity index is 0.00000341. The van der Waals surface area contributed by atoms with Gasteiger partial charge < -0.3 is 25.0 Å². The van der Waals surface area contributed by atoms with Crippen LogP contribution in [-0.4, -0.2) is 69.4 Å². The Bertz CT molecular complexity index is 702. The molecule has 0 radical (unpaired) electrons. The summed E-state index contributed by atoms with van der Waals surface area (Å²) in [7, 11) is 3.29. The maximum atomic E-state index is 11.8. The molecule has 1 aromatic carbocycles. The average Bonchev–Trinajstić information content (AvgIpc) is 2.80. The van der Waals surface area contributed by atoms with Crippen molar-refractivity contribution in [3.63, 3.8) is 0 Å². The van der Waals surface area contributed by atoms with Crippen LogP contribution in [0.3, 0.4) is 0 Å². The van der Waals surface area contributed by atoms with E-state index in [9.17, 15) is 4.79 Å². The number of nitrogens with zero attached hydrogens (tertiary/aromatic N) is 2. The molecule has 2 saturated heterocycles. The molecule has 2 aliphatic heterocycles. The number of halogens is 1. The van der Waals surface area contributed by atoms with Gasteiger partial charge in [-0.25, -0.2) is 0 Å². The van der Waals surface area contributed by atoms with E-state index in [1.54, 1.807) is 0 Å². The second-order valence-corrected chi connectivity index (χ2v) is 8.35. The molecule has 2 aliphatic rings. The summed E-state index contributed by atoms with van der Waals surface area (Å²) < 4.78 is 10.6. The number of methoxy groups -OCH3 is 1. The fourth-order valence-corrected chi connectivity index (χ4v) is 4.49. The topological polar surface area (TPSA) is 75.2 Å². The zero-order valence-corrected chi connectivity index (χ0v) is 21.3. The lowest BCUT2D eigenvalue weighted by molar-refractivity contribution is -0.146. The van der Waals surface area contributed by atoms with Gasteiger partial charge in [-0.3, -0.25) is 9.79 Å². The van der Waals surface area contributed by atoms with Gasteiger partial charge in [-0.2, -0.15) is 0 Å². The van der Waals surface area contributed by atoms with Crippen molar-refractivity contribution in [3.8, 4) is 0 Å². The number of carbonyl (C=O) groups is 1. The first kappa shape index (κ1) is 25.9. The Hall–Kier alpha value is -1.39. The van der Waals surface area contributed by atoms with Gasteiger partial charge in [0.15, 0.2) is 5.96 Å². The van der Waals surface area contributed by atoms with E-state index in [1.807, 2.05) is 7.05 Å². The van der Waals surface area contributed by atoms with Crippen LogP contribution >= 0.6 is 24.0 Å². The SMILES string of the molecule is CN=C(NCC1(NC(C)c2ccccc2)CCOCC1)N1CCC(C(=O)OC)CC1.I. The molecule has 0 amide bonds. The number of guanidine groups is 1. The van der Waals surface area contributed by atoms with Crippen LogP contribution in [0, 0.1) is 5.92 Å². The van der Waals surface area contributed by atoms with E-state index in [4.69, 9.17) is 9.47 Å². The number of hydrogen-bond donors (Lipinski definition) is 2. The molecule has 31 heavy (non-hydrogen) atoms. The van der Waals surface area contributed by atoms with Crippen LogP contribution in [0.15, 0.2) is 35.3 Å². The highest BCUT2D eigenvalue weighted by molar-refractivity contribution is 14.0. The fourth-order valence-electron chi connectivity index (χ4n) is 4.49. The molecular formula is C23H37IN4O3. The fraction of sp³-hybridized carbons (Fsp3) is 0.652. The molecule has 1 atom stereocenters. The van der Waals surface area contributed by atoms with Gasteiger partial charge in [0.05, 0.1) is 13.0 Å². The summed E-state index contributed by atoms with van der Waals surface area (Å²) in [5.41, 5.74) is 1.24. The Kier molecular flexibility index (Phi) is 10.5. The van der Waals surface area contributed by atoms with Crippen LogP contribution in [0.25, 0.3) is 0 Å². The maximum Gasteiger partial charge on any atom is 0.308 e. The molecule has 1 unspecified atom stereocenters. The third-order valence-corrected chi connectivity index (χ3v) is 6.40. The number of benzene rings is 1. The van der Waals surface area contributed by atoms with Crippen molar-refractivity contribution in [2.45, 2.75) is 44.2 Å². The van der Waals surface area contributed by atoms with Crippen LogP contribution in [0.1, 0.15) is 44.2 Å². The molecule has 2 fully saturated rings. The molecule has 8 heteroatoms. The van der Waals surface area contributed by atoms with Crippen molar-refractivity contribution >= 4 is 35.9 Å². The summed E-state index contributed by atoms with van der Waals surface area (Å²) in [5, 5.41) is 7.49. The van der Waals surface area contributed by atoms with Gasteiger partial charge in [-0.05, 0) is 38.2 Å². The van der Waals surface area contributed by atoms with Crippen molar-refractivity contribution in [2.24, 2.45) is 10.9 Å². The number of aliphatic imine (C=N–C) groups is 1. The van der Waals surface area contributed by atoms with E-state index in [0.29, 0.717) is 0 Å². The summed E-state index contributed by atoms with van der Waals surface area (Å²) >= 11 is 0. The first-order chi connectivity index (χ1) is 14.6. The minimum absolute atomic E-state index is 0. The van der Waals surface area contributed by atoms with Crippen LogP contribution in [0.2, 0.25) is 0 Å². The van der Waals surface area contributed by atoms with E-state index in [2.05, 4.69) is 57.8 Å². The second-order valence-electron chi connectivity index (χ2n) is 8.35. The number of piperidine rings is 1. The van der Waals surface area contributed by atoms with Gasteiger partial charge in [-0.15, -0.1) is 24.0 Å². The Morgan fingerprint density at radius 1 is 1.26 bits per heavy atom. The lowest BCUT2D eigenvalue weighted by Gasteiger charge is -2.42. The molecule has 3 rings (SSSR count). The van der Waals surface area contributed by atoms with Gasteiger partial charge >= 0.3 is 5.97 Å². The Labute approximate surface area is 203 Å². The first-order valence-corrected chi connectivity index (χ1v) is 11.0. The molecule has 0 aliphatic carbocycles. The lowest BCUT2D eigenvalue weighted by Crippen LogP contribution is -2.59. The highest BCUT2D eigenvalue weighted by Gasteiger charge is 2.35. The van der Waals surface area contributed by atoms with Crippen molar-refractivity contribution in [1.29, 1.82) is 0 Å². The standard InChI is InChI=1S/C23H36N4O3.HI/c1-18(19-7-5-4-6-8-19)26-23(11-15-30-16-12-23)17-25-22(24-2)27-13-9-20(10-14-27)21(28)29-3;/h4-8,18,20,26H,9-17H2,1-3H3,(H,24,25);1H. The number of esters is 1. The summed E-state index contributed by atoms with van der Waals surface area (Å²) in [6, 6.07) is 10.8. The van der Waals surface area contributed by atoms with Crippen LogP contribution in [-0.2, 0) is 14.3 Å². The minimum Gasteiger partial charge on any atom is -0.469 e. The predicted octanol–water partition coefficient (Wildman–Crippen LogP) is 2.96. The highest BCUT2D eigenvalue weighted by Crippen LogP contribution is 2.25. The largest absolute Gasteiger partial charge is 0.469 e. The van der Waals surface area contributed by atoms with Crippen LogP contribution in [0.5, 0.6) is 0 Å². The molecule has 2 heterocycles. The number of carbonyl (C=O) groups excluding carboxylic acids is 1. The number of nitrogens with one attached hydrogen (secondary N) is 2. The number of hydrogen-bond acceptors (Lipinski definition) is 5. The number of ether oxygens (including phenoxy) is 2. The monoisotopic (exact) mass is 544 g/mol. The second kappa shape index (κ2) is 12.6. The number of rotatable bonds is 6. The summed E-state index contributed by atoms with van der Waals surface area (Å²) in [4.78, 5) is 18.6. The predicted molar refractivity (Wildman–Crippen MR) is 134 cm³/mol. The van der Waals surface area contributed by atoms with Gasteiger partial charge in [0, 0.05) is 51.5 Å². The van der Waals surface area contributed by atoms with E-state index in [0.717, 1.165) is 64.5 Å². The van der Waals surface area contributed by atoms with E-state index >= 15 is 0 Å². The molecular weight excluding hydrogens is 507 g/mol. The maximum absolute atomic E-state index is 11.8. The molecule has 0 spiro atoms. The lowest BCUT2D eigenvalue weighted by atomic mass is 9.88. The van der Waals surface area contributed by atoms with Gasteiger partial charge in [0.1, 0.15) is 0 Å². The molecule has 0 aromatic heterocycles. The van der Waals surface area contributed by atoms with Crippen molar-refractivity contribution in [1.82, 2.24) is 15.5 Å². The first-order valence-electron chi connectivity index (χ1n) is 11.0. The van der Waals surface area contributed by atoms with Crippen molar-refractivity contribution in [3.05, 3.63) is 35.9 Å². The van der Waals surface area contributed by atoms with Crippen molar-refractivity contribution in [2.75, 3.05) is 47.0 Å². The van der Waals surface area contributed by atoms with Crippen LogP contribution in [0.4, 0.5) is 0 Å².